The van der Waals surface area contributed by atoms with Crippen molar-refractivity contribution < 1.29 is 27.6 Å². The number of aromatic nitrogens is 2. The maximum Gasteiger partial charge on any atom is 0.416 e. The number of fused-ring (bicyclic) bond motifs is 2. The molecule has 2 aliphatic heterocycles. The highest BCUT2D eigenvalue weighted by Crippen LogP contribution is 2.51. The van der Waals surface area contributed by atoms with E-state index in [1.54, 1.807) is 24.5 Å². The number of hydrogen-bond donors (Lipinski definition) is 2. The number of thiazole rings is 1. The van der Waals surface area contributed by atoms with Gasteiger partial charge in [-0.25, -0.2) is 0 Å². The quantitative estimate of drug-likeness (QED) is 0.512. The van der Waals surface area contributed by atoms with Gasteiger partial charge in [0.2, 0.25) is 17.7 Å². The van der Waals surface area contributed by atoms with Gasteiger partial charge in [0, 0.05) is 28.9 Å². The second-order valence-corrected chi connectivity index (χ2v) is 10.1. The lowest BCUT2D eigenvalue weighted by molar-refractivity contribution is -0.137. The van der Waals surface area contributed by atoms with Gasteiger partial charge in [0.15, 0.2) is 0 Å². The summed E-state index contributed by atoms with van der Waals surface area (Å²) >= 11 is 1.90. The van der Waals surface area contributed by atoms with Gasteiger partial charge in [-0.2, -0.15) is 13.2 Å². The molecule has 0 saturated carbocycles. The third-order valence-electron chi connectivity index (χ3n) is 5.71. The van der Waals surface area contributed by atoms with Crippen LogP contribution in [0.15, 0.2) is 58.6 Å². The molecule has 35 heavy (non-hydrogen) atoms. The van der Waals surface area contributed by atoms with Crippen LogP contribution in [0.5, 0.6) is 0 Å². The van der Waals surface area contributed by atoms with Crippen LogP contribution in [-0.4, -0.2) is 32.5 Å². The van der Waals surface area contributed by atoms with Crippen molar-refractivity contribution in [1.82, 2.24) is 14.9 Å². The molecule has 13 heteroatoms. The highest BCUT2D eigenvalue weighted by Gasteiger charge is 2.52. The van der Waals surface area contributed by atoms with Crippen molar-refractivity contribution >= 4 is 46.5 Å². The van der Waals surface area contributed by atoms with Crippen LogP contribution in [0.3, 0.4) is 0 Å². The molecule has 1 fully saturated rings. The molecular weight excluding hydrogens is 505 g/mol. The van der Waals surface area contributed by atoms with Crippen LogP contribution >= 0.6 is 23.1 Å². The number of hydrogen-bond acceptors (Lipinski definition) is 7. The van der Waals surface area contributed by atoms with Crippen molar-refractivity contribution in [3.8, 4) is 0 Å². The number of rotatable bonds is 4. The second kappa shape index (κ2) is 8.64. The molecule has 3 atom stereocenters. The Kier molecular flexibility index (Phi) is 5.75. The Morgan fingerprint density at radius 3 is 2.66 bits per heavy atom. The lowest BCUT2D eigenvalue weighted by atomic mass is 9.84. The molecule has 2 N–H and O–H groups in total. The van der Waals surface area contributed by atoms with Gasteiger partial charge in [0.05, 0.1) is 16.5 Å². The number of carbonyl (C=O) groups excluding carboxylic acids is 3. The third-order valence-corrected chi connectivity index (χ3v) is 8.32. The highest BCUT2D eigenvalue weighted by atomic mass is 32.2. The topological polar surface area (TPSA) is 110 Å². The molecule has 2 aliphatic rings. The predicted molar refractivity (Wildman–Crippen MR) is 121 cm³/mol. The van der Waals surface area contributed by atoms with Crippen LogP contribution in [0, 0.1) is 5.92 Å². The summed E-state index contributed by atoms with van der Waals surface area (Å²) in [7, 11) is 0. The number of anilines is 1. The Hall–Kier alpha value is -3.45. The molecule has 5 rings (SSSR count). The van der Waals surface area contributed by atoms with Crippen molar-refractivity contribution in [3.63, 3.8) is 0 Å². The molecule has 0 aliphatic carbocycles. The third kappa shape index (κ3) is 4.25. The van der Waals surface area contributed by atoms with Crippen molar-refractivity contribution in [1.29, 1.82) is 0 Å². The number of carbonyl (C=O) groups is 3. The van der Waals surface area contributed by atoms with E-state index in [2.05, 4.69) is 15.6 Å². The number of pyridine rings is 1. The Balaban J connectivity index is 1.48. The fourth-order valence-electron chi connectivity index (χ4n) is 4.21. The molecule has 1 saturated heterocycles. The number of imide groups is 1. The van der Waals surface area contributed by atoms with E-state index < -0.39 is 58.0 Å². The van der Waals surface area contributed by atoms with E-state index in [9.17, 15) is 32.3 Å². The van der Waals surface area contributed by atoms with E-state index >= 15 is 0 Å². The summed E-state index contributed by atoms with van der Waals surface area (Å²) in [5, 5.41) is 4.30. The van der Waals surface area contributed by atoms with Gasteiger partial charge in [0.1, 0.15) is 11.8 Å². The first kappa shape index (κ1) is 23.3. The van der Waals surface area contributed by atoms with Gasteiger partial charge >= 0.3 is 11.0 Å². The Bertz CT molecular complexity index is 1400. The molecule has 8 nitrogen and oxygen atoms in total. The van der Waals surface area contributed by atoms with Crippen molar-refractivity contribution in [3.05, 3.63) is 74.5 Å². The normalized spacial score (nSPS) is 21.3. The van der Waals surface area contributed by atoms with Gasteiger partial charge in [-0.05, 0) is 29.8 Å². The first-order valence-electron chi connectivity index (χ1n) is 10.3. The minimum absolute atomic E-state index is 0.0660. The standard InChI is InChI=1S/C22H15F3N4O4S2/c23-22(24,25)11-4-1-5-12(7-11)27-13(30)9-29-20-17(35-21(29)33)14(10-3-2-6-26-8-10)15-16(34-20)19(32)28-18(15)31/h1-8,14-16H,9H2,(H,27,30)(H,28,31,32). The van der Waals surface area contributed by atoms with E-state index in [0.29, 0.717) is 15.5 Å². The summed E-state index contributed by atoms with van der Waals surface area (Å²) in [4.78, 5) is 54.8. The molecule has 3 amide bonds. The molecular formula is C22H15F3N4O4S2. The van der Waals surface area contributed by atoms with E-state index in [-0.39, 0.29) is 5.69 Å². The Morgan fingerprint density at radius 1 is 1.14 bits per heavy atom. The van der Waals surface area contributed by atoms with Gasteiger partial charge in [-0.15, -0.1) is 0 Å². The van der Waals surface area contributed by atoms with Gasteiger partial charge in [-0.1, -0.05) is 35.2 Å². The Morgan fingerprint density at radius 2 is 1.94 bits per heavy atom. The van der Waals surface area contributed by atoms with Crippen LogP contribution in [0.25, 0.3) is 0 Å². The number of nitrogens with one attached hydrogen (secondary N) is 2. The van der Waals surface area contributed by atoms with Crippen molar-refractivity contribution in [2.75, 3.05) is 5.32 Å². The van der Waals surface area contributed by atoms with Crippen LogP contribution < -0.4 is 15.5 Å². The minimum Gasteiger partial charge on any atom is -0.325 e. The number of benzene rings is 1. The maximum absolute atomic E-state index is 13.0. The fourth-order valence-corrected chi connectivity index (χ4v) is 6.95. The molecule has 1 aromatic carbocycles. The van der Waals surface area contributed by atoms with Crippen LogP contribution in [-0.2, 0) is 27.1 Å². The number of thioether (sulfide) groups is 1. The minimum atomic E-state index is -4.57. The number of amides is 3. The zero-order valence-electron chi connectivity index (χ0n) is 17.5. The summed E-state index contributed by atoms with van der Waals surface area (Å²) < 4.78 is 40.1. The largest absolute Gasteiger partial charge is 0.416 e. The summed E-state index contributed by atoms with van der Waals surface area (Å²) in [6, 6.07) is 7.60. The average molecular weight is 521 g/mol. The van der Waals surface area contributed by atoms with Crippen molar-refractivity contribution in [2.45, 2.75) is 28.9 Å². The van der Waals surface area contributed by atoms with Crippen LogP contribution in [0.4, 0.5) is 18.9 Å². The number of halogens is 3. The van der Waals surface area contributed by atoms with E-state index in [1.807, 2.05) is 0 Å². The van der Waals surface area contributed by atoms with Crippen LogP contribution in [0.2, 0.25) is 0 Å². The SMILES string of the molecule is O=C(Cn1c2c(sc1=O)C(c1cccnc1)C1C(=O)NC(=O)C1S2)Nc1cccc(C(F)(F)F)c1. The van der Waals surface area contributed by atoms with E-state index in [4.69, 9.17) is 0 Å². The summed E-state index contributed by atoms with van der Waals surface area (Å²) in [5.41, 5.74) is -0.336. The first-order chi connectivity index (χ1) is 16.6. The zero-order chi connectivity index (χ0) is 24.9. The smallest absolute Gasteiger partial charge is 0.325 e. The van der Waals surface area contributed by atoms with E-state index in [1.165, 1.54) is 16.7 Å². The molecule has 3 unspecified atom stereocenters. The zero-order valence-corrected chi connectivity index (χ0v) is 19.2. The first-order valence-corrected chi connectivity index (χ1v) is 11.9. The molecule has 2 aromatic heterocycles. The molecule has 0 radical (unpaired) electrons. The Labute approximate surface area is 203 Å². The molecule has 3 aromatic rings. The van der Waals surface area contributed by atoms with Crippen LogP contribution in [0.1, 0.15) is 21.9 Å². The lowest BCUT2D eigenvalue weighted by Gasteiger charge is -2.30. The highest BCUT2D eigenvalue weighted by molar-refractivity contribution is 8.00. The monoisotopic (exact) mass is 520 g/mol. The molecule has 4 heterocycles. The molecule has 180 valence electrons. The predicted octanol–water partition coefficient (Wildman–Crippen LogP) is 2.84. The van der Waals surface area contributed by atoms with Crippen molar-refractivity contribution in [2.24, 2.45) is 5.92 Å². The number of nitrogens with zero attached hydrogens (tertiary/aromatic N) is 2. The van der Waals surface area contributed by atoms with Gasteiger partial charge < -0.3 is 5.32 Å². The summed E-state index contributed by atoms with van der Waals surface area (Å²) in [6.07, 6.45) is -1.45. The molecule has 0 spiro atoms. The van der Waals surface area contributed by atoms with E-state index in [0.717, 1.165) is 35.2 Å². The summed E-state index contributed by atoms with van der Waals surface area (Å²) in [5.74, 6) is -2.99. The second-order valence-electron chi connectivity index (χ2n) is 7.93. The average Bonchev–Trinajstić information content (AvgIpc) is 3.27. The van der Waals surface area contributed by atoms with Gasteiger partial charge in [0.25, 0.3) is 0 Å². The number of alkyl halides is 3. The lowest BCUT2D eigenvalue weighted by Crippen LogP contribution is -2.32. The maximum atomic E-state index is 13.0. The van der Waals surface area contributed by atoms with Gasteiger partial charge in [-0.3, -0.25) is 34.0 Å². The molecule has 0 bridgehead atoms. The summed E-state index contributed by atoms with van der Waals surface area (Å²) in [6.45, 7) is -0.472. The fraction of sp³-hybridized carbons (Fsp3) is 0.227.